The van der Waals surface area contributed by atoms with Gasteiger partial charge in [0.1, 0.15) is 17.2 Å². The molecule has 0 spiro atoms. The molecule has 5 nitrogen and oxygen atoms in total. The lowest BCUT2D eigenvalue weighted by molar-refractivity contribution is -0.158. The Morgan fingerprint density at radius 2 is 1.81 bits per heavy atom. The van der Waals surface area contributed by atoms with Crippen molar-refractivity contribution >= 4 is 12.1 Å². The molecule has 27 heavy (non-hydrogen) atoms. The summed E-state index contributed by atoms with van der Waals surface area (Å²) >= 11 is 0. The summed E-state index contributed by atoms with van der Waals surface area (Å²) in [4.78, 5) is 26.5. The lowest BCUT2D eigenvalue weighted by Gasteiger charge is -2.40. The molecule has 0 atom stereocenters. The van der Waals surface area contributed by atoms with Crippen LogP contribution in [0.4, 0.5) is 13.6 Å². The van der Waals surface area contributed by atoms with E-state index in [4.69, 9.17) is 9.47 Å². The number of benzene rings is 1. The van der Waals surface area contributed by atoms with Crippen molar-refractivity contribution in [2.75, 3.05) is 19.7 Å². The van der Waals surface area contributed by atoms with Crippen LogP contribution >= 0.6 is 0 Å². The average molecular weight is 383 g/mol. The predicted molar refractivity (Wildman–Crippen MR) is 96.2 cm³/mol. The Balaban J connectivity index is 2.17. The van der Waals surface area contributed by atoms with E-state index in [0.717, 1.165) is 6.07 Å². The van der Waals surface area contributed by atoms with Gasteiger partial charge in [0, 0.05) is 19.2 Å². The normalized spacial score (nSPS) is 16.7. The van der Waals surface area contributed by atoms with Crippen LogP contribution in [0, 0.1) is 17.0 Å². The van der Waals surface area contributed by atoms with Crippen molar-refractivity contribution < 1.29 is 27.8 Å². The number of piperidine rings is 1. The number of ether oxygens (including phenoxy) is 2. The summed E-state index contributed by atoms with van der Waals surface area (Å²) in [6, 6.07) is 3.34. The van der Waals surface area contributed by atoms with E-state index < -0.39 is 34.7 Å². The molecule has 1 aromatic rings. The molecule has 0 saturated carbocycles. The fourth-order valence-electron chi connectivity index (χ4n) is 3.21. The van der Waals surface area contributed by atoms with Gasteiger partial charge in [-0.15, -0.1) is 0 Å². The van der Waals surface area contributed by atoms with Gasteiger partial charge in [-0.05, 0) is 58.6 Å². The van der Waals surface area contributed by atoms with Crippen LogP contribution in [-0.2, 0) is 20.7 Å². The first-order chi connectivity index (χ1) is 12.6. The third-order valence-electron chi connectivity index (χ3n) is 4.62. The zero-order valence-electron chi connectivity index (χ0n) is 16.3. The van der Waals surface area contributed by atoms with E-state index >= 15 is 0 Å². The number of esters is 1. The number of hydrogen-bond donors (Lipinski definition) is 0. The number of rotatable bonds is 4. The smallest absolute Gasteiger partial charge is 0.410 e. The molecule has 1 aromatic carbocycles. The topological polar surface area (TPSA) is 55.8 Å². The molecular formula is C20H27F2NO4. The number of carbonyl (C=O) groups is 2. The summed E-state index contributed by atoms with van der Waals surface area (Å²) in [5.41, 5.74) is -1.30. The van der Waals surface area contributed by atoms with E-state index in [-0.39, 0.29) is 18.6 Å². The third-order valence-corrected chi connectivity index (χ3v) is 4.62. The molecule has 1 amide bonds. The van der Waals surface area contributed by atoms with Gasteiger partial charge in [0.2, 0.25) is 0 Å². The second kappa shape index (κ2) is 8.23. The molecule has 7 heteroatoms. The highest BCUT2D eigenvalue weighted by atomic mass is 19.1. The number of likely N-dealkylation sites (tertiary alicyclic amines) is 1. The van der Waals surface area contributed by atoms with Crippen LogP contribution in [0.15, 0.2) is 18.2 Å². The lowest BCUT2D eigenvalue weighted by Crippen LogP contribution is -2.49. The van der Waals surface area contributed by atoms with Gasteiger partial charge in [0.15, 0.2) is 0 Å². The molecule has 2 rings (SSSR count). The maximum atomic E-state index is 14.1. The van der Waals surface area contributed by atoms with E-state index in [1.165, 1.54) is 12.1 Å². The summed E-state index contributed by atoms with van der Waals surface area (Å²) in [6.07, 6.45) is 0.303. The Morgan fingerprint density at radius 3 is 2.33 bits per heavy atom. The largest absolute Gasteiger partial charge is 0.466 e. The van der Waals surface area contributed by atoms with Gasteiger partial charge < -0.3 is 14.4 Å². The first kappa shape index (κ1) is 21.1. The molecule has 0 N–H and O–H groups in total. The highest BCUT2D eigenvalue weighted by Gasteiger charge is 2.44. The van der Waals surface area contributed by atoms with Crippen LogP contribution in [0.1, 0.15) is 46.1 Å². The van der Waals surface area contributed by atoms with Crippen molar-refractivity contribution in [3.05, 3.63) is 35.4 Å². The summed E-state index contributed by atoms with van der Waals surface area (Å²) in [6.45, 7) is 7.88. The second-order valence-corrected chi connectivity index (χ2v) is 7.88. The van der Waals surface area contributed by atoms with Gasteiger partial charge in [-0.1, -0.05) is 6.07 Å². The third kappa shape index (κ3) is 5.40. The van der Waals surface area contributed by atoms with Crippen molar-refractivity contribution in [2.24, 2.45) is 5.41 Å². The fourth-order valence-corrected chi connectivity index (χ4v) is 3.21. The van der Waals surface area contributed by atoms with Gasteiger partial charge in [-0.3, -0.25) is 4.79 Å². The maximum Gasteiger partial charge on any atom is 0.410 e. The van der Waals surface area contributed by atoms with Crippen LogP contribution in [-0.4, -0.2) is 42.3 Å². The van der Waals surface area contributed by atoms with Crippen LogP contribution < -0.4 is 0 Å². The minimum Gasteiger partial charge on any atom is -0.466 e. The second-order valence-electron chi connectivity index (χ2n) is 7.88. The molecule has 150 valence electrons. The number of amides is 1. The molecular weight excluding hydrogens is 356 g/mol. The fraction of sp³-hybridized carbons (Fsp3) is 0.600. The van der Waals surface area contributed by atoms with Gasteiger partial charge in [0.05, 0.1) is 12.0 Å². The minimum absolute atomic E-state index is 0.0973. The van der Waals surface area contributed by atoms with Crippen molar-refractivity contribution in [1.29, 1.82) is 0 Å². The quantitative estimate of drug-likeness (QED) is 0.735. The molecule has 1 fully saturated rings. The van der Waals surface area contributed by atoms with Crippen molar-refractivity contribution in [1.82, 2.24) is 4.90 Å². The molecule has 0 bridgehead atoms. The van der Waals surface area contributed by atoms with Crippen molar-refractivity contribution in [3.8, 4) is 0 Å². The predicted octanol–water partition coefficient (Wildman–Crippen LogP) is 4.09. The van der Waals surface area contributed by atoms with Crippen molar-refractivity contribution in [3.63, 3.8) is 0 Å². The maximum absolute atomic E-state index is 14.1. The Morgan fingerprint density at radius 1 is 1.19 bits per heavy atom. The van der Waals surface area contributed by atoms with Crippen molar-refractivity contribution in [2.45, 2.75) is 52.6 Å². The number of halogens is 2. The SMILES string of the molecule is CCOC(=O)C1(Cc2ccc(F)cc2F)CCN(C(=O)OC(C)(C)C)CC1. The first-order valence-electron chi connectivity index (χ1n) is 9.15. The summed E-state index contributed by atoms with van der Waals surface area (Å²) < 4.78 is 37.9. The summed E-state index contributed by atoms with van der Waals surface area (Å²) in [7, 11) is 0. The Kier molecular flexibility index (Phi) is 6.44. The van der Waals surface area contributed by atoms with Gasteiger partial charge in [0.25, 0.3) is 0 Å². The van der Waals surface area contributed by atoms with E-state index in [2.05, 4.69) is 0 Å². The zero-order valence-corrected chi connectivity index (χ0v) is 16.3. The highest BCUT2D eigenvalue weighted by Crippen LogP contribution is 2.37. The molecule has 1 aliphatic heterocycles. The van der Waals surface area contributed by atoms with Crippen LogP contribution in [0.3, 0.4) is 0 Å². The number of hydrogen-bond acceptors (Lipinski definition) is 4. The molecule has 0 unspecified atom stereocenters. The monoisotopic (exact) mass is 383 g/mol. The molecule has 1 saturated heterocycles. The average Bonchev–Trinajstić information content (AvgIpc) is 2.56. The zero-order chi connectivity index (χ0) is 20.2. The minimum atomic E-state index is -0.951. The standard InChI is InChI=1S/C20H27F2NO4/c1-5-26-17(24)20(13-14-6-7-15(21)12-16(14)22)8-10-23(11-9-20)18(25)27-19(2,3)4/h6-7,12H,5,8-11,13H2,1-4H3. The summed E-state index contributed by atoms with van der Waals surface area (Å²) in [5.74, 6) is -1.77. The van der Waals surface area contributed by atoms with Crippen LogP contribution in [0.2, 0.25) is 0 Å². The molecule has 1 heterocycles. The van der Waals surface area contributed by atoms with Gasteiger partial charge in [-0.2, -0.15) is 0 Å². The Labute approximate surface area is 158 Å². The molecule has 0 radical (unpaired) electrons. The van der Waals surface area contributed by atoms with E-state index in [1.54, 1.807) is 32.6 Å². The van der Waals surface area contributed by atoms with Crippen LogP contribution in [0.25, 0.3) is 0 Å². The number of nitrogens with zero attached hydrogens (tertiary/aromatic N) is 1. The first-order valence-corrected chi connectivity index (χ1v) is 9.15. The Hall–Kier alpha value is -2.18. The van der Waals surface area contributed by atoms with E-state index in [1.807, 2.05) is 0 Å². The molecule has 0 aliphatic carbocycles. The Bertz CT molecular complexity index is 692. The summed E-state index contributed by atoms with van der Waals surface area (Å²) in [5, 5.41) is 0. The van der Waals surface area contributed by atoms with Gasteiger partial charge >= 0.3 is 12.1 Å². The lowest BCUT2D eigenvalue weighted by atomic mass is 9.73. The van der Waals surface area contributed by atoms with E-state index in [0.29, 0.717) is 25.9 Å². The molecule has 0 aromatic heterocycles. The van der Waals surface area contributed by atoms with Crippen LogP contribution in [0.5, 0.6) is 0 Å². The molecule has 1 aliphatic rings. The number of carbonyl (C=O) groups excluding carboxylic acids is 2. The van der Waals surface area contributed by atoms with Gasteiger partial charge in [-0.25, -0.2) is 13.6 Å². The highest BCUT2D eigenvalue weighted by molar-refractivity contribution is 5.78. The van der Waals surface area contributed by atoms with E-state index in [9.17, 15) is 18.4 Å².